The van der Waals surface area contributed by atoms with Gasteiger partial charge in [-0.2, -0.15) is 0 Å². The Morgan fingerprint density at radius 3 is 2.21 bits per heavy atom. The number of rotatable bonds is 6. The van der Waals surface area contributed by atoms with Crippen LogP contribution < -0.4 is 11.2 Å². The molecule has 0 saturated carbocycles. The van der Waals surface area contributed by atoms with Gasteiger partial charge in [-0.25, -0.2) is 18.7 Å². The third-order valence-electron chi connectivity index (χ3n) is 6.11. The Morgan fingerprint density at radius 1 is 0.882 bits per heavy atom. The minimum absolute atomic E-state index is 0.180. The standard InChI is InChI=1S/C27H23FN4O2/c1-19(21-10-6-3-7-11-21)31-18-29-25-24(31)26(33)30(17-16-20-8-4-2-5-9-20)27(34)32(25)23-14-12-22(28)13-15-23/h2-15,18-19H,16-17H2,1H3. The summed E-state index contributed by atoms with van der Waals surface area (Å²) in [5, 5.41) is 0. The molecule has 1 atom stereocenters. The Morgan fingerprint density at radius 2 is 1.53 bits per heavy atom. The maximum absolute atomic E-state index is 13.7. The van der Waals surface area contributed by atoms with Gasteiger partial charge in [0, 0.05) is 6.54 Å². The molecule has 0 saturated heterocycles. The van der Waals surface area contributed by atoms with Gasteiger partial charge in [0.15, 0.2) is 11.2 Å². The van der Waals surface area contributed by atoms with E-state index in [2.05, 4.69) is 4.98 Å². The lowest BCUT2D eigenvalue weighted by molar-refractivity contribution is 0.605. The fourth-order valence-corrected chi connectivity index (χ4v) is 4.24. The van der Waals surface area contributed by atoms with Gasteiger partial charge in [0.05, 0.1) is 18.1 Å². The molecule has 3 aromatic carbocycles. The van der Waals surface area contributed by atoms with Crippen molar-refractivity contribution in [2.75, 3.05) is 0 Å². The molecule has 5 rings (SSSR count). The van der Waals surface area contributed by atoms with Crippen molar-refractivity contribution in [3.05, 3.63) is 129 Å². The van der Waals surface area contributed by atoms with Gasteiger partial charge in [-0.3, -0.25) is 9.36 Å². The molecule has 0 aliphatic rings. The number of aromatic nitrogens is 4. The SMILES string of the molecule is CC(c1ccccc1)n1cnc2c1c(=O)n(CCc1ccccc1)c(=O)n2-c1ccc(F)cc1. The van der Waals surface area contributed by atoms with Crippen LogP contribution in [0, 0.1) is 5.82 Å². The summed E-state index contributed by atoms with van der Waals surface area (Å²) in [6, 6.07) is 24.9. The molecular weight excluding hydrogens is 431 g/mol. The monoisotopic (exact) mass is 454 g/mol. The summed E-state index contributed by atoms with van der Waals surface area (Å²) in [4.78, 5) is 31.7. The Hall–Kier alpha value is -4.26. The van der Waals surface area contributed by atoms with Crippen molar-refractivity contribution < 1.29 is 4.39 Å². The summed E-state index contributed by atoms with van der Waals surface area (Å²) in [5.74, 6) is -0.409. The third-order valence-corrected chi connectivity index (χ3v) is 6.11. The zero-order valence-electron chi connectivity index (χ0n) is 18.6. The molecular formula is C27H23FN4O2. The number of hydrogen-bond donors (Lipinski definition) is 0. The number of hydrogen-bond acceptors (Lipinski definition) is 3. The maximum Gasteiger partial charge on any atom is 0.337 e. The Balaban J connectivity index is 1.73. The first-order valence-electron chi connectivity index (χ1n) is 11.1. The highest BCUT2D eigenvalue weighted by Crippen LogP contribution is 2.22. The lowest BCUT2D eigenvalue weighted by atomic mass is 10.1. The predicted octanol–water partition coefficient (Wildman–Crippen LogP) is 4.34. The normalized spacial score (nSPS) is 12.2. The van der Waals surface area contributed by atoms with Gasteiger partial charge in [0.2, 0.25) is 0 Å². The van der Waals surface area contributed by atoms with E-state index >= 15 is 0 Å². The van der Waals surface area contributed by atoms with Gasteiger partial charge in [0.1, 0.15) is 5.82 Å². The van der Waals surface area contributed by atoms with Crippen LogP contribution in [0.1, 0.15) is 24.1 Å². The molecule has 0 spiro atoms. The molecule has 0 aliphatic carbocycles. The second kappa shape index (κ2) is 8.94. The molecule has 5 aromatic rings. The average Bonchev–Trinajstić information content (AvgIpc) is 3.31. The molecule has 0 radical (unpaired) electrons. The molecule has 2 aromatic heterocycles. The molecule has 0 N–H and O–H groups in total. The largest absolute Gasteiger partial charge is 0.337 e. The van der Waals surface area contributed by atoms with E-state index in [9.17, 15) is 14.0 Å². The van der Waals surface area contributed by atoms with Gasteiger partial charge < -0.3 is 4.57 Å². The first kappa shape index (κ1) is 21.6. The van der Waals surface area contributed by atoms with Crippen molar-refractivity contribution in [3.8, 4) is 5.69 Å². The van der Waals surface area contributed by atoms with Crippen molar-refractivity contribution in [3.63, 3.8) is 0 Å². The first-order valence-corrected chi connectivity index (χ1v) is 11.1. The van der Waals surface area contributed by atoms with E-state index in [0.29, 0.717) is 17.6 Å². The van der Waals surface area contributed by atoms with E-state index in [1.165, 1.54) is 33.4 Å². The summed E-state index contributed by atoms with van der Waals surface area (Å²) >= 11 is 0. The van der Waals surface area contributed by atoms with Gasteiger partial charge in [-0.05, 0) is 48.7 Å². The summed E-state index contributed by atoms with van der Waals surface area (Å²) in [6.07, 6.45) is 2.11. The topological polar surface area (TPSA) is 61.8 Å². The van der Waals surface area contributed by atoms with Gasteiger partial charge in [0.25, 0.3) is 5.56 Å². The molecule has 0 aliphatic heterocycles. The fourth-order valence-electron chi connectivity index (χ4n) is 4.24. The quantitative estimate of drug-likeness (QED) is 0.384. The van der Waals surface area contributed by atoms with Crippen LogP contribution in [0.5, 0.6) is 0 Å². The van der Waals surface area contributed by atoms with Gasteiger partial charge in [-0.1, -0.05) is 60.7 Å². The molecule has 1 unspecified atom stereocenters. The number of nitrogens with zero attached hydrogens (tertiary/aromatic N) is 4. The van der Waals surface area contributed by atoms with E-state index in [0.717, 1.165) is 11.1 Å². The maximum atomic E-state index is 13.7. The average molecular weight is 455 g/mol. The van der Waals surface area contributed by atoms with Crippen LogP contribution in [0.2, 0.25) is 0 Å². The number of imidazole rings is 1. The molecule has 0 fully saturated rings. The lowest BCUT2D eigenvalue weighted by Crippen LogP contribution is -2.40. The van der Waals surface area contributed by atoms with E-state index in [1.54, 1.807) is 10.9 Å². The third kappa shape index (κ3) is 3.85. The number of fused-ring (bicyclic) bond motifs is 1. The van der Waals surface area contributed by atoms with Crippen molar-refractivity contribution >= 4 is 11.2 Å². The van der Waals surface area contributed by atoms with Crippen molar-refractivity contribution in [1.29, 1.82) is 0 Å². The van der Waals surface area contributed by atoms with Crippen molar-refractivity contribution in [2.24, 2.45) is 0 Å². The molecule has 6 nitrogen and oxygen atoms in total. The highest BCUT2D eigenvalue weighted by molar-refractivity contribution is 5.72. The highest BCUT2D eigenvalue weighted by atomic mass is 19.1. The van der Waals surface area contributed by atoms with Gasteiger partial charge >= 0.3 is 5.69 Å². The second-order valence-corrected chi connectivity index (χ2v) is 8.20. The minimum atomic E-state index is -0.502. The van der Waals surface area contributed by atoms with Crippen LogP contribution in [-0.4, -0.2) is 18.7 Å². The van der Waals surface area contributed by atoms with Crippen LogP contribution in [0.25, 0.3) is 16.9 Å². The van der Waals surface area contributed by atoms with Crippen LogP contribution in [-0.2, 0) is 13.0 Å². The number of halogens is 1. The van der Waals surface area contributed by atoms with E-state index in [1.807, 2.05) is 67.6 Å². The predicted molar refractivity (Wildman–Crippen MR) is 130 cm³/mol. The Bertz CT molecular complexity index is 1550. The van der Waals surface area contributed by atoms with Crippen LogP contribution in [0.4, 0.5) is 4.39 Å². The number of aryl methyl sites for hydroxylation is 1. The molecule has 2 heterocycles. The Kier molecular flexibility index (Phi) is 5.67. The van der Waals surface area contributed by atoms with Crippen LogP contribution in [0.3, 0.4) is 0 Å². The highest BCUT2D eigenvalue weighted by Gasteiger charge is 2.22. The molecule has 0 bridgehead atoms. The van der Waals surface area contributed by atoms with E-state index < -0.39 is 17.1 Å². The summed E-state index contributed by atoms with van der Waals surface area (Å²) < 4.78 is 18.0. The minimum Gasteiger partial charge on any atom is -0.317 e. The lowest BCUT2D eigenvalue weighted by Gasteiger charge is -2.16. The van der Waals surface area contributed by atoms with Crippen LogP contribution >= 0.6 is 0 Å². The van der Waals surface area contributed by atoms with Crippen molar-refractivity contribution in [1.82, 2.24) is 18.7 Å². The fraction of sp³-hybridized carbons (Fsp3) is 0.148. The molecule has 34 heavy (non-hydrogen) atoms. The zero-order chi connectivity index (χ0) is 23.7. The van der Waals surface area contributed by atoms with E-state index in [4.69, 9.17) is 0 Å². The summed E-state index contributed by atoms with van der Waals surface area (Å²) in [7, 11) is 0. The second-order valence-electron chi connectivity index (χ2n) is 8.20. The van der Waals surface area contributed by atoms with Crippen molar-refractivity contribution in [2.45, 2.75) is 25.9 Å². The van der Waals surface area contributed by atoms with Crippen LogP contribution in [0.15, 0.2) is 101 Å². The summed E-state index contributed by atoms with van der Waals surface area (Å²) in [6.45, 7) is 2.20. The zero-order valence-corrected chi connectivity index (χ0v) is 18.6. The molecule has 7 heteroatoms. The molecule has 0 amide bonds. The number of benzene rings is 3. The smallest absolute Gasteiger partial charge is 0.317 e. The molecule has 170 valence electrons. The van der Waals surface area contributed by atoms with E-state index in [-0.39, 0.29) is 18.2 Å². The van der Waals surface area contributed by atoms with Gasteiger partial charge in [-0.15, -0.1) is 0 Å². The first-order chi connectivity index (χ1) is 16.5. The summed E-state index contributed by atoms with van der Waals surface area (Å²) in [5.41, 5.74) is 2.16. The Labute approximate surface area is 195 Å².